The van der Waals surface area contributed by atoms with E-state index in [1.807, 2.05) is 6.20 Å². The van der Waals surface area contributed by atoms with E-state index in [2.05, 4.69) is 38.0 Å². The minimum Gasteiger partial charge on any atom is -0.490 e. The van der Waals surface area contributed by atoms with Gasteiger partial charge in [-0.25, -0.2) is 4.98 Å². The first kappa shape index (κ1) is 17.9. The first-order valence-electron chi connectivity index (χ1n) is 10.9. The molecular weight excluding hydrogens is 348 g/mol. The van der Waals surface area contributed by atoms with Gasteiger partial charge in [0.1, 0.15) is 17.7 Å². The fraction of sp³-hybridized carbons (Fsp3) is 0.565. The van der Waals surface area contributed by atoms with Gasteiger partial charge in [0.2, 0.25) is 0 Å². The summed E-state index contributed by atoms with van der Waals surface area (Å²) in [5.74, 6) is 2.02. The van der Waals surface area contributed by atoms with Crippen molar-refractivity contribution >= 4 is 5.82 Å². The second-order valence-electron chi connectivity index (χ2n) is 8.42. The molecule has 0 bridgehead atoms. The molecule has 2 aromatic rings. The van der Waals surface area contributed by atoms with Gasteiger partial charge in [0.05, 0.1) is 6.20 Å². The highest BCUT2D eigenvalue weighted by atomic mass is 16.5. The van der Waals surface area contributed by atoms with Gasteiger partial charge < -0.3 is 9.64 Å². The average molecular weight is 379 g/mol. The molecule has 0 radical (unpaired) electrons. The number of rotatable bonds is 4. The number of benzene rings is 1. The molecule has 5 heteroatoms. The van der Waals surface area contributed by atoms with Crippen LogP contribution in [0.2, 0.25) is 0 Å². The first-order valence-corrected chi connectivity index (χ1v) is 10.9. The summed E-state index contributed by atoms with van der Waals surface area (Å²) in [6, 6.07) is 7.66. The molecule has 5 rings (SSSR count). The Kier molecular flexibility index (Phi) is 5.17. The maximum atomic E-state index is 6.38. The topological polar surface area (TPSA) is 41.5 Å². The lowest BCUT2D eigenvalue weighted by atomic mass is 9.91. The monoisotopic (exact) mass is 378 g/mol. The Hall–Kier alpha value is -2.14. The van der Waals surface area contributed by atoms with Crippen LogP contribution in [0.5, 0.6) is 5.75 Å². The SMILES string of the molecule is c1cnc(N2CCC(Oc3ccc4c(c3)CCN(C3CCC3)CC4)CC2)cn1. The maximum Gasteiger partial charge on any atom is 0.147 e. The molecule has 1 aliphatic carbocycles. The van der Waals surface area contributed by atoms with Crippen molar-refractivity contribution in [1.82, 2.24) is 14.9 Å². The van der Waals surface area contributed by atoms with Crippen molar-refractivity contribution in [2.24, 2.45) is 0 Å². The van der Waals surface area contributed by atoms with Crippen LogP contribution in [0.3, 0.4) is 0 Å². The zero-order chi connectivity index (χ0) is 18.8. The second kappa shape index (κ2) is 8.08. The highest BCUT2D eigenvalue weighted by Crippen LogP contribution is 2.29. The summed E-state index contributed by atoms with van der Waals surface area (Å²) >= 11 is 0. The summed E-state index contributed by atoms with van der Waals surface area (Å²) in [4.78, 5) is 13.6. The number of hydrogen-bond acceptors (Lipinski definition) is 5. The summed E-state index contributed by atoms with van der Waals surface area (Å²) in [5.41, 5.74) is 3.02. The van der Waals surface area contributed by atoms with Crippen LogP contribution in [0.1, 0.15) is 43.2 Å². The number of hydrogen-bond donors (Lipinski definition) is 0. The number of nitrogens with zero attached hydrogens (tertiary/aromatic N) is 4. The van der Waals surface area contributed by atoms with E-state index in [9.17, 15) is 0 Å². The van der Waals surface area contributed by atoms with Crippen molar-refractivity contribution in [3.63, 3.8) is 0 Å². The number of fused-ring (bicyclic) bond motifs is 1. The van der Waals surface area contributed by atoms with E-state index >= 15 is 0 Å². The molecule has 1 saturated carbocycles. The smallest absolute Gasteiger partial charge is 0.147 e. The molecule has 0 atom stereocenters. The molecule has 0 amide bonds. The Bertz CT molecular complexity index is 784. The zero-order valence-electron chi connectivity index (χ0n) is 16.6. The first-order chi connectivity index (χ1) is 13.8. The van der Waals surface area contributed by atoms with Gasteiger partial charge in [-0.05, 0) is 48.9 Å². The third-order valence-electron chi connectivity index (χ3n) is 6.72. The lowest BCUT2D eigenvalue weighted by Gasteiger charge is -2.36. The van der Waals surface area contributed by atoms with Gasteiger partial charge in [-0.15, -0.1) is 0 Å². The fourth-order valence-corrected chi connectivity index (χ4v) is 4.76. The van der Waals surface area contributed by atoms with Gasteiger partial charge in [-0.1, -0.05) is 12.5 Å². The van der Waals surface area contributed by atoms with E-state index < -0.39 is 0 Å². The number of anilines is 1. The van der Waals surface area contributed by atoms with Gasteiger partial charge in [0.15, 0.2) is 0 Å². The summed E-state index contributed by atoms with van der Waals surface area (Å²) in [6.07, 6.45) is 14.3. The van der Waals surface area contributed by atoms with E-state index in [0.717, 1.165) is 50.0 Å². The van der Waals surface area contributed by atoms with E-state index in [1.165, 1.54) is 49.9 Å². The van der Waals surface area contributed by atoms with E-state index in [0.29, 0.717) is 6.10 Å². The Balaban J connectivity index is 1.18. The molecule has 3 aliphatic rings. The normalized spacial score (nSPS) is 21.6. The number of ether oxygens (including phenoxy) is 1. The van der Waals surface area contributed by atoms with Crippen LogP contribution in [0.4, 0.5) is 5.82 Å². The van der Waals surface area contributed by atoms with Gasteiger partial charge in [-0.2, -0.15) is 0 Å². The van der Waals surface area contributed by atoms with E-state index in [-0.39, 0.29) is 0 Å². The van der Waals surface area contributed by atoms with Crippen LogP contribution in [-0.4, -0.2) is 53.2 Å². The summed E-state index contributed by atoms with van der Waals surface area (Å²) in [5, 5.41) is 0. The van der Waals surface area contributed by atoms with E-state index in [4.69, 9.17) is 4.74 Å². The molecule has 0 N–H and O–H groups in total. The van der Waals surface area contributed by atoms with Crippen molar-refractivity contribution in [2.45, 2.75) is 57.1 Å². The Morgan fingerprint density at radius 3 is 2.43 bits per heavy atom. The van der Waals surface area contributed by atoms with Gasteiger partial charge in [0, 0.05) is 57.5 Å². The summed E-state index contributed by atoms with van der Waals surface area (Å²) < 4.78 is 6.38. The van der Waals surface area contributed by atoms with Crippen molar-refractivity contribution in [3.05, 3.63) is 47.9 Å². The Morgan fingerprint density at radius 2 is 1.71 bits per heavy atom. The molecule has 148 valence electrons. The minimum absolute atomic E-state index is 0.295. The van der Waals surface area contributed by atoms with Crippen LogP contribution < -0.4 is 9.64 Å². The molecule has 3 heterocycles. The lowest BCUT2D eigenvalue weighted by molar-refractivity contribution is 0.133. The standard InChI is InChI=1S/C23H30N4O/c1-2-20(3-1)26-12-6-18-4-5-22(16-19(18)7-13-26)28-21-8-14-27(15-9-21)23-17-24-10-11-25-23/h4-5,10-11,16-17,20-21H,1-3,6-9,12-15H2. The molecule has 5 nitrogen and oxygen atoms in total. The van der Waals surface area contributed by atoms with Crippen LogP contribution in [0.15, 0.2) is 36.8 Å². The Labute approximate surface area is 167 Å². The van der Waals surface area contributed by atoms with Crippen LogP contribution in [-0.2, 0) is 12.8 Å². The largest absolute Gasteiger partial charge is 0.490 e. The summed E-state index contributed by atoms with van der Waals surface area (Å²) in [6.45, 7) is 4.38. The molecule has 1 aromatic carbocycles. The van der Waals surface area contributed by atoms with Crippen LogP contribution in [0, 0.1) is 0 Å². The van der Waals surface area contributed by atoms with Gasteiger partial charge >= 0.3 is 0 Å². The van der Waals surface area contributed by atoms with Crippen molar-refractivity contribution in [1.29, 1.82) is 0 Å². The van der Waals surface area contributed by atoms with Gasteiger partial charge in [0.25, 0.3) is 0 Å². The van der Waals surface area contributed by atoms with Crippen molar-refractivity contribution in [3.8, 4) is 5.75 Å². The summed E-state index contributed by atoms with van der Waals surface area (Å²) in [7, 11) is 0. The van der Waals surface area contributed by atoms with Crippen LogP contribution >= 0.6 is 0 Å². The maximum absolute atomic E-state index is 6.38. The van der Waals surface area contributed by atoms with Gasteiger partial charge in [-0.3, -0.25) is 9.88 Å². The molecule has 2 aliphatic heterocycles. The molecular formula is C23H30N4O. The lowest BCUT2D eigenvalue weighted by Crippen LogP contribution is -2.41. The van der Waals surface area contributed by atoms with Crippen LogP contribution in [0.25, 0.3) is 0 Å². The number of piperidine rings is 1. The molecule has 2 fully saturated rings. The minimum atomic E-state index is 0.295. The number of aromatic nitrogens is 2. The molecule has 1 saturated heterocycles. The average Bonchev–Trinajstić information content (AvgIpc) is 2.91. The van der Waals surface area contributed by atoms with Crippen molar-refractivity contribution in [2.75, 3.05) is 31.1 Å². The molecule has 0 spiro atoms. The molecule has 1 aromatic heterocycles. The molecule has 0 unspecified atom stereocenters. The fourth-order valence-electron chi connectivity index (χ4n) is 4.76. The Morgan fingerprint density at radius 1 is 0.893 bits per heavy atom. The zero-order valence-corrected chi connectivity index (χ0v) is 16.6. The third-order valence-corrected chi connectivity index (χ3v) is 6.72. The second-order valence-corrected chi connectivity index (χ2v) is 8.42. The quantitative estimate of drug-likeness (QED) is 0.815. The van der Waals surface area contributed by atoms with E-state index in [1.54, 1.807) is 12.4 Å². The highest BCUT2D eigenvalue weighted by Gasteiger charge is 2.27. The van der Waals surface area contributed by atoms with Crippen molar-refractivity contribution < 1.29 is 4.74 Å². The third kappa shape index (κ3) is 3.86. The highest BCUT2D eigenvalue weighted by molar-refractivity contribution is 5.38. The predicted molar refractivity (Wildman–Crippen MR) is 111 cm³/mol. The molecule has 28 heavy (non-hydrogen) atoms. The predicted octanol–water partition coefficient (Wildman–Crippen LogP) is 3.48.